The van der Waals surface area contributed by atoms with Crippen molar-refractivity contribution in [3.63, 3.8) is 0 Å². The molecule has 0 radical (unpaired) electrons. The van der Waals surface area contributed by atoms with E-state index in [0.29, 0.717) is 5.75 Å². The number of hydrogen-bond donors (Lipinski definition) is 1. The van der Waals surface area contributed by atoms with Gasteiger partial charge in [-0.3, -0.25) is 9.25 Å². The first-order valence-electron chi connectivity index (χ1n) is 8.56. The Kier molecular flexibility index (Phi) is 3.68. The highest BCUT2D eigenvalue weighted by Crippen LogP contribution is 2.27. The van der Waals surface area contributed by atoms with Crippen molar-refractivity contribution in [3.05, 3.63) is 48.7 Å². The summed E-state index contributed by atoms with van der Waals surface area (Å²) in [5, 5.41) is 19.4. The molecule has 136 valence electrons. The highest BCUT2D eigenvalue weighted by molar-refractivity contribution is 5.58. The zero-order valence-electron chi connectivity index (χ0n) is 14.6. The first-order valence-corrected chi connectivity index (χ1v) is 8.56. The molecular weight excluding hydrogens is 346 g/mol. The summed E-state index contributed by atoms with van der Waals surface area (Å²) in [4.78, 5) is 4.53. The molecule has 0 bridgehead atoms. The zero-order valence-corrected chi connectivity index (χ0v) is 14.6. The summed E-state index contributed by atoms with van der Waals surface area (Å²) in [6.45, 7) is 2.60. The second kappa shape index (κ2) is 6.32. The van der Waals surface area contributed by atoms with Gasteiger partial charge < -0.3 is 10.1 Å². The standard InChI is InChI=1S/C17H17N9O/c1-27-15-7-12(6-13(8-15)26-11-20-22-23-26)24-4-3-19-17(24)16-9-14-10-18-2-5-25(14)21-16/h3-4,6-9,11,18H,2,5,10H2,1H3. The van der Waals surface area contributed by atoms with E-state index in [2.05, 4.69) is 31.9 Å². The van der Waals surface area contributed by atoms with Gasteiger partial charge >= 0.3 is 0 Å². The third-order valence-electron chi connectivity index (χ3n) is 4.54. The fourth-order valence-electron chi connectivity index (χ4n) is 3.24. The molecule has 1 aliphatic rings. The van der Waals surface area contributed by atoms with E-state index in [-0.39, 0.29) is 0 Å². The third kappa shape index (κ3) is 2.75. The predicted octanol–water partition coefficient (Wildman–Crippen LogP) is 0.823. The molecule has 3 aromatic heterocycles. The molecule has 27 heavy (non-hydrogen) atoms. The fraction of sp³-hybridized carbons (Fsp3) is 0.235. The third-order valence-corrected chi connectivity index (χ3v) is 4.54. The normalized spacial score (nSPS) is 13.5. The Morgan fingerprint density at radius 3 is 2.89 bits per heavy atom. The molecular formula is C17H17N9O. The van der Waals surface area contributed by atoms with Crippen molar-refractivity contribution >= 4 is 0 Å². The molecule has 4 heterocycles. The molecule has 0 saturated heterocycles. The minimum absolute atomic E-state index is 0.700. The summed E-state index contributed by atoms with van der Waals surface area (Å²) in [6.07, 6.45) is 5.22. The van der Waals surface area contributed by atoms with E-state index in [9.17, 15) is 0 Å². The highest BCUT2D eigenvalue weighted by atomic mass is 16.5. The quantitative estimate of drug-likeness (QED) is 0.573. The van der Waals surface area contributed by atoms with Crippen LogP contribution in [0.2, 0.25) is 0 Å². The first kappa shape index (κ1) is 15.7. The van der Waals surface area contributed by atoms with Crippen LogP contribution in [0.15, 0.2) is 43.0 Å². The van der Waals surface area contributed by atoms with E-state index in [4.69, 9.17) is 9.84 Å². The largest absolute Gasteiger partial charge is 0.497 e. The van der Waals surface area contributed by atoms with Crippen LogP contribution in [0.25, 0.3) is 22.9 Å². The predicted molar refractivity (Wildman–Crippen MR) is 95.8 cm³/mol. The summed E-state index contributed by atoms with van der Waals surface area (Å²) in [5.74, 6) is 1.47. The lowest BCUT2D eigenvalue weighted by Crippen LogP contribution is -2.28. The van der Waals surface area contributed by atoms with Crippen molar-refractivity contribution in [1.29, 1.82) is 0 Å². The van der Waals surface area contributed by atoms with Gasteiger partial charge in [-0.05, 0) is 22.6 Å². The molecule has 0 aliphatic carbocycles. The topological polar surface area (TPSA) is 101 Å². The van der Waals surface area contributed by atoms with Gasteiger partial charge in [0.1, 0.15) is 17.8 Å². The molecule has 5 rings (SSSR count). The van der Waals surface area contributed by atoms with E-state index >= 15 is 0 Å². The maximum Gasteiger partial charge on any atom is 0.165 e. The van der Waals surface area contributed by atoms with Crippen LogP contribution in [0.5, 0.6) is 5.75 Å². The Morgan fingerprint density at radius 2 is 2.07 bits per heavy atom. The van der Waals surface area contributed by atoms with Crippen LogP contribution in [-0.2, 0) is 13.1 Å². The molecule has 1 aliphatic heterocycles. The van der Waals surface area contributed by atoms with E-state index < -0.39 is 0 Å². The second-order valence-electron chi connectivity index (χ2n) is 6.19. The van der Waals surface area contributed by atoms with Crippen molar-refractivity contribution in [2.45, 2.75) is 13.1 Å². The van der Waals surface area contributed by atoms with Crippen molar-refractivity contribution in [2.75, 3.05) is 13.7 Å². The summed E-state index contributed by atoms with van der Waals surface area (Å²) < 4.78 is 11.1. The number of methoxy groups -OCH3 is 1. The average Bonchev–Trinajstić information content (AvgIpc) is 3.47. The molecule has 1 aromatic carbocycles. The number of aromatic nitrogens is 8. The number of hydrogen-bond acceptors (Lipinski definition) is 7. The van der Waals surface area contributed by atoms with Gasteiger partial charge in [0.15, 0.2) is 5.82 Å². The van der Waals surface area contributed by atoms with Gasteiger partial charge in [0.05, 0.1) is 30.7 Å². The smallest absolute Gasteiger partial charge is 0.165 e. The van der Waals surface area contributed by atoms with Gasteiger partial charge in [0.25, 0.3) is 0 Å². The molecule has 10 heteroatoms. The van der Waals surface area contributed by atoms with Gasteiger partial charge in [0.2, 0.25) is 0 Å². The van der Waals surface area contributed by atoms with Gasteiger partial charge in [-0.1, -0.05) is 0 Å². The van der Waals surface area contributed by atoms with Crippen molar-refractivity contribution in [2.24, 2.45) is 0 Å². The number of rotatable bonds is 4. The lowest BCUT2D eigenvalue weighted by molar-refractivity contribution is 0.414. The van der Waals surface area contributed by atoms with E-state index in [0.717, 1.165) is 48.2 Å². The molecule has 0 amide bonds. The molecule has 0 unspecified atom stereocenters. The van der Waals surface area contributed by atoms with Crippen LogP contribution < -0.4 is 10.1 Å². The van der Waals surface area contributed by atoms with E-state index in [1.165, 1.54) is 0 Å². The number of tetrazole rings is 1. The van der Waals surface area contributed by atoms with Crippen molar-refractivity contribution < 1.29 is 4.74 Å². The summed E-state index contributed by atoms with van der Waals surface area (Å²) >= 11 is 0. The molecule has 0 atom stereocenters. The van der Waals surface area contributed by atoms with Gasteiger partial charge in [-0.2, -0.15) is 5.10 Å². The lowest BCUT2D eigenvalue weighted by atomic mass is 10.2. The van der Waals surface area contributed by atoms with Gasteiger partial charge in [-0.25, -0.2) is 9.67 Å². The molecule has 0 fully saturated rings. The summed E-state index contributed by atoms with van der Waals surface area (Å²) in [7, 11) is 1.63. The number of nitrogens with one attached hydrogen (secondary N) is 1. The first-order chi connectivity index (χ1) is 13.3. The Hall–Kier alpha value is -3.53. The Balaban J connectivity index is 1.61. The lowest BCUT2D eigenvalue weighted by Gasteiger charge is -2.13. The number of benzene rings is 1. The van der Waals surface area contributed by atoms with Gasteiger partial charge in [0, 0.05) is 37.6 Å². The fourth-order valence-corrected chi connectivity index (χ4v) is 3.24. The van der Waals surface area contributed by atoms with E-state index in [1.807, 2.05) is 33.6 Å². The highest BCUT2D eigenvalue weighted by Gasteiger charge is 2.17. The van der Waals surface area contributed by atoms with Crippen molar-refractivity contribution in [3.8, 4) is 28.6 Å². The second-order valence-corrected chi connectivity index (χ2v) is 6.19. The van der Waals surface area contributed by atoms with Crippen molar-refractivity contribution in [1.82, 2.24) is 44.9 Å². The molecule has 1 N–H and O–H groups in total. The monoisotopic (exact) mass is 363 g/mol. The average molecular weight is 363 g/mol. The van der Waals surface area contributed by atoms with Crippen LogP contribution in [-0.4, -0.2) is 53.2 Å². The van der Waals surface area contributed by atoms with E-state index in [1.54, 1.807) is 24.3 Å². The molecule has 10 nitrogen and oxygen atoms in total. The van der Waals surface area contributed by atoms with Gasteiger partial charge in [-0.15, -0.1) is 5.10 Å². The number of imidazole rings is 1. The Morgan fingerprint density at radius 1 is 1.15 bits per heavy atom. The molecule has 0 spiro atoms. The minimum atomic E-state index is 0.700. The summed E-state index contributed by atoms with van der Waals surface area (Å²) in [6, 6.07) is 7.86. The van der Waals surface area contributed by atoms with Crippen LogP contribution in [0.4, 0.5) is 0 Å². The van der Waals surface area contributed by atoms with Crippen LogP contribution >= 0.6 is 0 Å². The number of nitrogens with zero attached hydrogens (tertiary/aromatic N) is 8. The van der Waals surface area contributed by atoms with Crippen LogP contribution in [0.3, 0.4) is 0 Å². The molecule has 4 aromatic rings. The van der Waals surface area contributed by atoms with Crippen LogP contribution in [0.1, 0.15) is 5.69 Å². The maximum absolute atomic E-state index is 5.46. The molecule has 0 saturated carbocycles. The SMILES string of the molecule is COc1cc(-n2cnnn2)cc(-n2ccnc2-c2cc3n(n2)CCNC3)c1. The van der Waals surface area contributed by atoms with Crippen LogP contribution in [0, 0.1) is 0 Å². The number of fused-ring (bicyclic) bond motifs is 1. The number of ether oxygens (including phenoxy) is 1. The minimum Gasteiger partial charge on any atom is -0.497 e. The Bertz CT molecular complexity index is 1060. The zero-order chi connectivity index (χ0) is 18.2. The maximum atomic E-state index is 5.46. The summed E-state index contributed by atoms with van der Waals surface area (Å²) in [5.41, 5.74) is 3.68. The Labute approximate surface area is 154 Å².